The number of nitrogens with zero attached hydrogens (tertiary/aromatic N) is 5. The van der Waals surface area contributed by atoms with Crippen molar-refractivity contribution in [2.24, 2.45) is 0 Å². The summed E-state index contributed by atoms with van der Waals surface area (Å²) in [5, 5.41) is 0. The van der Waals surface area contributed by atoms with Crippen LogP contribution in [0.3, 0.4) is 0 Å². The minimum atomic E-state index is 0.670. The molecular weight excluding hydrogens is 274 g/mol. The average Bonchev–Trinajstić information content (AvgIpc) is 2.95. The van der Waals surface area contributed by atoms with Crippen LogP contribution in [0.1, 0.15) is 17.1 Å². The van der Waals surface area contributed by atoms with E-state index in [-0.39, 0.29) is 0 Å². The molecule has 1 aromatic carbocycles. The molecule has 5 nitrogen and oxygen atoms in total. The minimum absolute atomic E-state index is 0.670. The Labute approximate surface area is 130 Å². The maximum atomic E-state index is 4.47. The monoisotopic (exact) mass is 293 g/mol. The summed E-state index contributed by atoms with van der Waals surface area (Å²) in [7, 11) is 1.98. The van der Waals surface area contributed by atoms with Crippen molar-refractivity contribution in [3.05, 3.63) is 72.1 Å². The Balaban J connectivity index is 1.75. The number of imidazole rings is 1. The van der Waals surface area contributed by atoms with Crippen LogP contribution in [0.2, 0.25) is 0 Å². The fourth-order valence-electron chi connectivity index (χ4n) is 2.32. The zero-order valence-electron chi connectivity index (χ0n) is 12.8. The quantitative estimate of drug-likeness (QED) is 0.725. The summed E-state index contributed by atoms with van der Waals surface area (Å²) in [6, 6.07) is 12.3. The van der Waals surface area contributed by atoms with E-state index in [2.05, 4.69) is 43.8 Å². The Morgan fingerprint density at radius 1 is 1.05 bits per heavy atom. The lowest BCUT2D eigenvalue weighted by Crippen LogP contribution is -2.22. The van der Waals surface area contributed by atoms with Crippen molar-refractivity contribution in [2.75, 3.05) is 11.9 Å². The summed E-state index contributed by atoms with van der Waals surface area (Å²) in [6.45, 7) is 3.46. The van der Waals surface area contributed by atoms with Gasteiger partial charge >= 0.3 is 0 Å². The molecule has 0 bridgehead atoms. The maximum Gasteiger partial charge on any atom is 0.225 e. The second-order valence-corrected chi connectivity index (χ2v) is 5.31. The van der Waals surface area contributed by atoms with E-state index in [1.165, 1.54) is 5.56 Å². The molecule has 2 heterocycles. The van der Waals surface area contributed by atoms with Crippen LogP contribution in [0, 0.1) is 6.92 Å². The Morgan fingerprint density at radius 3 is 2.64 bits per heavy atom. The molecule has 5 heteroatoms. The molecule has 0 fully saturated rings. The highest BCUT2D eigenvalue weighted by Crippen LogP contribution is 2.11. The Morgan fingerprint density at radius 2 is 1.86 bits per heavy atom. The van der Waals surface area contributed by atoms with Crippen molar-refractivity contribution in [1.82, 2.24) is 19.5 Å². The lowest BCUT2D eigenvalue weighted by Gasteiger charge is -2.17. The number of benzene rings is 1. The van der Waals surface area contributed by atoms with Crippen LogP contribution >= 0.6 is 0 Å². The molecule has 112 valence electrons. The zero-order valence-corrected chi connectivity index (χ0v) is 12.8. The van der Waals surface area contributed by atoms with E-state index in [0.717, 1.165) is 18.1 Å². The van der Waals surface area contributed by atoms with Crippen molar-refractivity contribution >= 4 is 5.95 Å². The third-order valence-electron chi connectivity index (χ3n) is 3.50. The van der Waals surface area contributed by atoms with Gasteiger partial charge in [0.05, 0.1) is 6.54 Å². The lowest BCUT2D eigenvalue weighted by molar-refractivity contribution is 0.699. The molecule has 0 N–H and O–H groups in total. The van der Waals surface area contributed by atoms with Gasteiger partial charge in [-0.1, -0.05) is 30.3 Å². The smallest absolute Gasteiger partial charge is 0.225 e. The molecule has 0 saturated heterocycles. The van der Waals surface area contributed by atoms with E-state index < -0.39 is 0 Å². The number of hydrogen-bond acceptors (Lipinski definition) is 4. The first-order chi connectivity index (χ1) is 10.7. The molecule has 0 aliphatic rings. The van der Waals surface area contributed by atoms with Gasteiger partial charge in [-0.2, -0.15) is 0 Å². The Kier molecular flexibility index (Phi) is 4.14. The van der Waals surface area contributed by atoms with Crippen LogP contribution < -0.4 is 4.90 Å². The third-order valence-corrected chi connectivity index (χ3v) is 3.50. The normalized spacial score (nSPS) is 10.6. The van der Waals surface area contributed by atoms with E-state index in [0.29, 0.717) is 12.5 Å². The third kappa shape index (κ3) is 3.31. The first-order valence-electron chi connectivity index (χ1n) is 7.27. The summed E-state index contributed by atoms with van der Waals surface area (Å²) in [5.74, 6) is 1.71. The van der Waals surface area contributed by atoms with Gasteiger partial charge in [0, 0.05) is 37.9 Å². The molecule has 0 atom stereocenters. The van der Waals surface area contributed by atoms with Gasteiger partial charge in [-0.05, 0) is 18.6 Å². The molecule has 0 saturated carbocycles. The average molecular weight is 293 g/mol. The standard InChI is InChI=1S/C17H19N5/c1-14-8-9-19-17(20-14)21(2)13-16-18-10-11-22(16)12-15-6-4-3-5-7-15/h3-11H,12-13H2,1-2H3. The van der Waals surface area contributed by atoms with E-state index in [4.69, 9.17) is 0 Å². The Bertz CT molecular complexity index is 736. The molecule has 22 heavy (non-hydrogen) atoms. The predicted molar refractivity (Wildman–Crippen MR) is 86.6 cm³/mol. The minimum Gasteiger partial charge on any atom is -0.336 e. The summed E-state index contributed by atoms with van der Waals surface area (Å²) >= 11 is 0. The molecule has 0 radical (unpaired) electrons. The van der Waals surface area contributed by atoms with Gasteiger partial charge in [-0.15, -0.1) is 0 Å². The van der Waals surface area contributed by atoms with Crippen molar-refractivity contribution < 1.29 is 0 Å². The largest absolute Gasteiger partial charge is 0.336 e. The lowest BCUT2D eigenvalue weighted by atomic mass is 10.2. The summed E-state index contributed by atoms with van der Waals surface area (Å²) < 4.78 is 2.15. The van der Waals surface area contributed by atoms with Crippen LogP contribution in [-0.2, 0) is 13.1 Å². The van der Waals surface area contributed by atoms with Gasteiger partial charge < -0.3 is 9.47 Å². The van der Waals surface area contributed by atoms with E-state index in [1.54, 1.807) is 6.20 Å². The van der Waals surface area contributed by atoms with Crippen LogP contribution in [0.4, 0.5) is 5.95 Å². The highest BCUT2D eigenvalue weighted by atomic mass is 15.2. The predicted octanol–water partition coefficient (Wildman–Crippen LogP) is 2.67. The Hall–Kier alpha value is -2.69. The molecular formula is C17H19N5. The summed E-state index contributed by atoms with van der Waals surface area (Å²) in [5.41, 5.74) is 2.22. The van der Waals surface area contributed by atoms with Crippen molar-refractivity contribution in [1.29, 1.82) is 0 Å². The van der Waals surface area contributed by atoms with Gasteiger partial charge in [0.25, 0.3) is 0 Å². The first kappa shape index (κ1) is 14.3. The fourth-order valence-corrected chi connectivity index (χ4v) is 2.32. The van der Waals surface area contributed by atoms with Gasteiger partial charge in [-0.25, -0.2) is 15.0 Å². The van der Waals surface area contributed by atoms with Crippen molar-refractivity contribution in [2.45, 2.75) is 20.0 Å². The molecule has 2 aromatic heterocycles. The second-order valence-electron chi connectivity index (χ2n) is 5.31. The highest BCUT2D eigenvalue weighted by Gasteiger charge is 2.10. The van der Waals surface area contributed by atoms with Crippen molar-refractivity contribution in [3.63, 3.8) is 0 Å². The van der Waals surface area contributed by atoms with Crippen LogP contribution in [0.25, 0.3) is 0 Å². The molecule has 3 aromatic rings. The SMILES string of the molecule is Cc1ccnc(N(C)Cc2nccn2Cc2ccccc2)n1. The van der Waals surface area contributed by atoms with Gasteiger partial charge in [0.1, 0.15) is 5.82 Å². The van der Waals surface area contributed by atoms with Crippen LogP contribution in [0.15, 0.2) is 55.0 Å². The molecule has 0 aliphatic heterocycles. The van der Waals surface area contributed by atoms with Crippen LogP contribution in [-0.4, -0.2) is 26.6 Å². The molecule has 0 spiro atoms. The van der Waals surface area contributed by atoms with Gasteiger partial charge in [0.2, 0.25) is 5.95 Å². The molecule has 3 rings (SSSR count). The summed E-state index contributed by atoms with van der Waals surface area (Å²) in [4.78, 5) is 15.2. The molecule has 0 amide bonds. The topological polar surface area (TPSA) is 46.8 Å². The molecule has 0 unspecified atom stereocenters. The highest BCUT2D eigenvalue weighted by molar-refractivity contribution is 5.29. The number of aromatic nitrogens is 4. The molecule has 0 aliphatic carbocycles. The number of hydrogen-bond donors (Lipinski definition) is 0. The van der Waals surface area contributed by atoms with Crippen LogP contribution in [0.5, 0.6) is 0 Å². The zero-order chi connectivity index (χ0) is 15.4. The van der Waals surface area contributed by atoms with E-state index in [1.807, 2.05) is 43.4 Å². The van der Waals surface area contributed by atoms with Gasteiger partial charge in [0.15, 0.2) is 0 Å². The second kappa shape index (κ2) is 6.39. The van der Waals surface area contributed by atoms with E-state index in [9.17, 15) is 0 Å². The van der Waals surface area contributed by atoms with Crippen molar-refractivity contribution in [3.8, 4) is 0 Å². The van der Waals surface area contributed by atoms with Gasteiger partial charge in [-0.3, -0.25) is 0 Å². The maximum absolute atomic E-state index is 4.47. The summed E-state index contributed by atoms with van der Waals surface area (Å²) in [6.07, 6.45) is 5.63. The fraction of sp³-hybridized carbons (Fsp3) is 0.235. The number of rotatable bonds is 5. The number of anilines is 1. The number of aryl methyl sites for hydroxylation is 1. The first-order valence-corrected chi connectivity index (χ1v) is 7.27. The van der Waals surface area contributed by atoms with E-state index >= 15 is 0 Å².